The van der Waals surface area contributed by atoms with E-state index < -0.39 is 27.0 Å². The lowest BCUT2D eigenvalue weighted by Gasteiger charge is -2.18. The van der Waals surface area contributed by atoms with Gasteiger partial charge in [-0.15, -0.1) is 11.6 Å². The average molecular weight is 333 g/mol. The molecular formula is C15H21ClO4S. The van der Waals surface area contributed by atoms with Crippen LogP contribution in [0.1, 0.15) is 31.7 Å². The van der Waals surface area contributed by atoms with Crippen LogP contribution in [0, 0.1) is 6.92 Å². The van der Waals surface area contributed by atoms with Crippen molar-refractivity contribution in [2.45, 2.75) is 49.4 Å². The molecule has 0 saturated heterocycles. The number of carbonyl (C=O) groups is 1. The Morgan fingerprint density at radius 2 is 1.86 bits per heavy atom. The van der Waals surface area contributed by atoms with Gasteiger partial charge in [0.05, 0.1) is 11.0 Å². The highest BCUT2D eigenvalue weighted by molar-refractivity contribution is 7.92. The molecule has 1 aromatic carbocycles. The molecule has 0 amide bonds. The van der Waals surface area contributed by atoms with E-state index in [1.165, 1.54) is 19.1 Å². The molecule has 0 heterocycles. The lowest BCUT2D eigenvalue weighted by Crippen LogP contribution is -2.33. The number of aliphatic hydroxyl groups excluding tert-OH is 1. The van der Waals surface area contributed by atoms with Crippen LogP contribution in [-0.2, 0) is 14.6 Å². The highest BCUT2D eigenvalue weighted by Crippen LogP contribution is 2.22. The molecule has 1 aromatic rings. The first kappa shape index (κ1) is 18.1. The van der Waals surface area contributed by atoms with Gasteiger partial charge in [0, 0.05) is 12.3 Å². The zero-order valence-corrected chi connectivity index (χ0v) is 13.8. The number of sulfone groups is 1. The largest absolute Gasteiger partial charge is 0.393 e. The maximum Gasteiger partial charge on any atom is 0.188 e. The Morgan fingerprint density at radius 3 is 2.33 bits per heavy atom. The van der Waals surface area contributed by atoms with Gasteiger partial charge < -0.3 is 5.11 Å². The number of hydrogen-bond acceptors (Lipinski definition) is 4. The summed E-state index contributed by atoms with van der Waals surface area (Å²) in [5, 5.41) is 8.29. The number of benzene rings is 1. The molecule has 0 radical (unpaired) electrons. The molecule has 21 heavy (non-hydrogen) atoms. The number of aliphatic hydroxyl groups is 1. The third kappa shape index (κ3) is 5.09. The van der Waals surface area contributed by atoms with Crippen molar-refractivity contribution in [1.29, 1.82) is 0 Å². The minimum atomic E-state index is -3.80. The Morgan fingerprint density at radius 1 is 1.29 bits per heavy atom. The van der Waals surface area contributed by atoms with Crippen molar-refractivity contribution in [2.75, 3.05) is 5.88 Å². The lowest BCUT2D eigenvalue weighted by molar-refractivity contribution is -0.119. The topological polar surface area (TPSA) is 71.4 Å². The highest BCUT2D eigenvalue weighted by atomic mass is 35.5. The van der Waals surface area contributed by atoms with Crippen LogP contribution < -0.4 is 0 Å². The standard InChI is InChI=1S/C15H21ClO4S/c1-11-5-7-13(8-6-11)21(19,20)15(10-12(2)17)14(18)4-3-9-16/h5-8,12,15,17H,3-4,9-10H2,1-2H3/t12-,15?/m0/s1. The average Bonchev–Trinajstić information content (AvgIpc) is 2.42. The third-order valence-corrected chi connectivity index (χ3v) is 5.60. The van der Waals surface area contributed by atoms with E-state index in [2.05, 4.69) is 0 Å². The lowest BCUT2D eigenvalue weighted by atomic mass is 10.1. The predicted octanol–water partition coefficient (Wildman–Crippen LogP) is 2.50. The number of ketones is 1. The Balaban J connectivity index is 3.11. The zero-order chi connectivity index (χ0) is 16.0. The number of alkyl halides is 1. The van der Waals surface area contributed by atoms with Crippen molar-refractivity contribution < 1.29 is 18.3 Å². The first-order chi connectivity index (χ1) is 9.78. The van der Waals surface area contributed by atoms with Gasteiger partial charge in [-0.25, -0.2) is 8.42 Å². The second-order valence-corrected chi connectivity index (χ2v) is 7.70. The summed E-state index contributed by atoms with van der Waals surface area (Å²) in [5.41, 5.74) is 0.939. The van der Waals surface area contributed by atoms with Crippen molar-refractivity contribution in [3.63, 3.8) is 0 Å². The van der Waals surface area contributed by atoms with Crippen LogP contribution >= 0.6 is 11.6 Å². The molecule has 0 aliphatic rings. The summed E-state index contributed by atoms with van der Waals surface area (Å²) in [5.74, 6) is -0.0883. The van der Waals surface area contributed by atoms with E-state index in [9.17, 15) is 18.3 Å². The van der Waals surface area contributed by atoms with Gasteiger partial charge in [0.1, 0.15) is 5.25 Å². The SMILES string of the molecule is Cc1ccc(S(=O)(=O)C(C[C@H](C)O)C(=O)CCCCl)cc1. The minimum Gasteiger partial charge on any atom is -0.393 e. The van der Waals surface area contributed by atoms with Crippen LogP contribution in [0.25, 0.3) is 0 Å². The molecule has 6 heteroatoms. The van der Waals surface area contributed by atoms with Crippen LogP contribution in [0.15, 0.2) is 29.2 Å². The molecule has 1 N–H and O–H groups in total. The maximum absolute atomic E-state index is 12.6. The Labute approximate surface area is 131 Å². The second kappa shape index (κ2) is 7.92. The van der Waals surface area contributed by atoms with E-state index in [1.807, 2.05) is 6.92 Å². The summed E-state index contributed by atoms with van der Waals surface area (Å²) in [6.45, 7) is 3.34. The van der Waals surface area contributed by atoms with E-state index in [0.29, 0.717) is 12.3 Å². The van der Waals surface area contributed by atoms with E-state index in [0.717, 1.165) is 5.56 Å². The van der Waals surface area contributed by atoms with Gasteiger partial charge >= 0.3 is 0 Å². The van der Waals surface area contributed by atoms with Gasteiger partial charge in [-0.2, -0.15) is 0 Å². The van der Waals surface area contributed by atoms with Gasteiger partial charge in [-0.05, 0) is 38.8 Å². The molecule has 0 aliphatic heterocycles. The van der Waals surface area contributed by atoms with Crippen molar-refractivity contribution in [3.05, 3.63) is 29.8 Å². The number of Topliss-reactive ketones (excluding diaryl/α,β-unsaturated/α-hetero) is 1. The first-order valence-corrected chi connectivity index (χ1v) is 8.94. The summed E-state index contributed by atoms with van der Waals surface area (Å²) in [6, 6.07) is 6.37. The summed E-state index contributed by atoms with van der Waals surface area (Å²) < 4.78 is 25.2. The molecule has 4 nitrogen and oxygen atoms in total. The molecule has 0 aliphatic carbocycles. The number of hydrogen-bond donors (Lipinski definition) is 1. The van der Waals surface area contributed by atoms with E-state index >= 15 is 0 Å². The molecule has 2 atom stereocenters. The first-order valence-electron chi connectivity index (χ1n) is 6.86. The van der Waals surface area contributed by atoms with Crippen molar-refractivity contribution >= 4 is 27.2 Å². The summed E-state index contributed by atoms with van der Waals surface area (Å²) >= 11 is 5.55. The molecule has 0 saturated carbocycles. The molecular weight excluding hydrogens is 312 g/mol. The Hall–Kier alpha value is -0.910. The molecule has 1 unspecified atom stereocenters. The van der Waals surface area contributed by atoms with Crippen LogP contribution in [0.3, 0.4) is 0 Å². The Bertz CT molecular complexity index is 564. The fourth-order valence-corrected chi connectivity index (χ4v) is 4.01. The molecule has 0 bridgehead atoms. The van der Waals surface area contributed by atoms with E-state index in [-0.39, 0.29) is 17.7 Å². The maximum atomic E-state index is 12.6. The van der Waals surface area contributed by atoms with Crippen molar-refractivity contribution in [1.82, 2.24) is 0 Å². The fourth-order valence-electron chi connectivity index (χ4n) is 2.04. The third-order valence-electron chi connectivity index (χ3n) is 3.20. The van der Waals surface area contributed by atoms with Gasteiger partial charge in [0.25, 0.3) is 0 Å². The van der Waals surface area contributed by atoms with Crippen LogP contribution in [0.2, 0.25) is 0 Å². The van der Waals surface area contributed by atoms with Crippen LogP contribution in [-0.4, -0.2) is 36.5 Å². The number of rotatable bonds is 8. The van der Waals surface area contributed by atoms with Crippen LogP contribution in [0.5, 0.6) is 0 Å². The fraction of sp³-hybridized carbons (Fsp3) is 0.533. The van der Waals surface area contributed by atoms with Gasteiger partial charge in [-0.3, -0.25) is 4.79 Å². The summed E-state index contributed by atoms with van der Waals surface area (Å²) in [4.78, 5) is 12.3. The van der Waals surface area contributed by atoms with E-state index in [1.54, 1.807) is 12.1 Å². The normalized spacial score (nSPS) is 14.7. The summed E-state index contributed by atoms with van der Waals surface area (Å²) in [7, 11) is -3.80. The van der Waals surface area contributed by atoms with Gasteiger partial charge in [-0.1, -0.05) is 17.7 Å². The molecule has 1 rings (SSSR count). The number of aryl methyl sites for hydroxylation is 1. The zero-order valence-electron chi connectivity index (χ0n) is 12.3. The quantitative estimate of drug-likeness (QED) is 0.742. The summed E-state index contributed by atoms with van der Waals surface area (Å²) in [6.07, 6.45) is -0.432. The molecule has 118 valence electrons. The molecule has 0 spiro atoms. The molecule has 0 aromatic heterocycles. The Kier molecular flexibility index (Phi) is 6.84. The monoisotopic (exact) mass is 332 g/mol. The minimum absolute atomic E-state index is 0.0999. The van der Waals surface area contributed by atoms with E-state index in [4.69, 9.17) is 11.6 Å². The highest BCUT2D eigenvalue weighted by Gasteiger charge is 2.34. The predicted molar refractivity (Wildman–Crippen MR) is 83.4 cm³/mol. The van der Waals surface area contributed by atoms with Crippen LogP contribution in [0.4, 0.5) is 0 Å². The number of halogens is 1. The smallest absolute Gasteiger partial charge is 0.188 e. The van der Waals surface area contributed by atoms with Gasteiger partial charge in [0.2, 0.25) is 0 Å². The van der Waals surface area contributed by atoms with Gasteiger partial charge in [0.15, 0.2) is 15.6 Å². The second-order valence-electron chi connectivity index (χ2n) is 5.19. The van der Waals surface area contributed by atoms with Crippen molar-refractivity contribution in [3.8, 4) is 0 Å². The molecule has 0 fully saturated rings. The van der Waals surface area contributed by atoms with Crippen molar-refractivity contribution in [2.24, 2.45) is 0 Å². The number of carbonyl (C=O) groups excluding carboxylic acids is 1.